The van der Waals surface area contributed by atoms with Crippen molar-refractivity contribution in [3.05, 3.63) is 65.5 Å². The monoisotopic (exact) mass is 454 g/mol. The molecule has 2 aliphatic rings. The van der Waals surface area contributed by atoms with Crippen LogP contribution in [-0.4, -0.2) is 56.6 Å². The molecule has 2 aromatic carbocycles. The van der Waals surface area contributed by atoms with Gasteiger partial charge >= 0.3 is 0 Å². The molecule has 34 heavy (non-hydrogen) atoms. The van der Waals surface area contributed by atoms with E-state index >= 15 is 0 Å². The molecule has 7 nitrogen and oxygen atoms in total. The van der Waals surface area contributed by atoms with Crippen LogP contribution < -0.4 is 4.90 Å². The molecule has 0 atom stereocenters. The second-order valence-corrected chi connectivity index (χ2v) is 9.63. The lowest BCUT2D eigenvalue weighted by Gasteiger charge is -2.36. The van der Waals surface area contributed by atoms with Gasteiger partial charge in [-0.3, -0.25) is 4.79 Å². The largest absolute Gasteiger partial charge is 0.338 e. The molecule has 3 heterocycles. The summed E-state index contributed by atoms with van der Waals surface area (Å²) in [5, 5.41) is 10.5. The lowest BCUT2D eigenvalue weighted by molar-refractivity contribution is 0.0746. The van der Waals surface area contributed by atoms with Crippen LogP contribution in [0.4, 0.5) is 5.95 Å². The second-order valence-electron chi connectivity index (χ2n) is 9.63. The summed E-state index contributed by atoms with van der Waals surface area (Å²) in [4.78, 5) is 22.3. The fourth-order valence-electron chi connectivity index (χ4n) is 5.46. The number of hydrogen-bond acceptors (Lipinski definition) is 5. The molecule has 174 valence electrons. The molecule has 0 bridgehead atoms. The lowest BCUT2D eigenvalue weighted by Crippen LogP contribution is -2.49. The zero-order valence-corrected chi connectivity index (χ0v) is 19.7. The Morgan fingerprint density at radius 1 is 0.912 bits per heavy atom. The van der Waals surface area contributed by atoms with Crippen LogP contribution in [0.5, 0.6) is 0 Å². The number of aryl methyl sites for hydroxylation is 1. The number of anilines is 1. The lowest BCUT2D eigenvalue weighted by atomic mass is 9.89. The van der Waals surface area contributed by atoms with E-state index in [-0.39, 0.29) is 5.91 Å². The predicted octanol–water partition coefficient (Wildman–Crippen LogP) is 4.60. The summed E-state index contributed by atoms with van der Waals surface area (Å²) < 4.78 is 2.21. The summed E-state index contributed by atoms with van der Waals surface area (Å²) in [6.07, 6.45) is 6.11. The maximum atomic E-state index is 12.9. The molecule has 0 radical (unpaired) electrons. The minimum Gasteiger partial charge on any atom is -0.338 e. The Hall–Kier alpha value is -3.48. The van der Waals surface area contributed by atoms with Gasteiger partial charge in [0.2, 0.25) is 5.95 Å². The Kier molecular flexibility index (Phi) is 5.40. The maximum absolute atomic E-state index is 12.9. The molecule has 1 aliphatic heterocycles. The number of piperazine rings is 1. The summed E-state index contributed by atoms with van der Waals surface area (Å²) in [6, 6.07) is 15.9. The van der Waals surface area contributed by atoms with E-state index in [4.69, 9.17) is 10.1 Å². The Balaban J connectivity index is 1.37. The number of aromatic nitrogens is 4. The van der Waals surface area contributed by atoms with Gasteiger partial charge in [-0.1, -0.05) is 49.1 Å². The van der Waals surface area contributed by atoms with E-state index in [1.807, 2.05) is 35.2 Å². The molecule has 1 saturated carbocycles. The van der Waals surface area contributed by atoms with Crippen LogP contribution in [0.2, 0.25) is 0 Å². The fourth-order valence-corrected chi connectivity index (χ4v) is 5.46. The highest BCUT2D eigenvalue weighted by atomic mass is 16.2. The number of nitrogens with zero attached hydrogens (tertiary/aromatic N) is 6. The van der Waals surface area contributed by atoms with Gasteiger partial charge in [0.05, 0.1) is 5.52 Å². The minimum absolute atomic E-state index is 0.0968. The number of amides is 1. The smallest absolute Gasteiger partial charge is 0.253 e. The summed E-state index contributed by atoms with van der Waals surface area (Å²) in [6.45, 7) is 4.92. The van der Waals surface area contributed by atoms with Crippen molar-refractivity contribution in [1.29, 1.82) is 0 Å². The number of hydrogen-bond donors (Lipinski definition) is 0. The van der Waals surface area contributed by atoms with Crippen molar-refractivity contribution in [3.8, 4) is 0 Å². The van der Waals surface area contributed by atoms with Crippen LogP contribution in [0, 0.1) is 6.92 Å². The molecule has 6 rings (SSSR count). The topological polar surface area (TPSA) is 66.6 Å². The van der Waals surface area contributed by atoms with Crippen LogP contribution >= 0.6 is 0 Å². The fraction of sp³-hybridized carbons (Fsp3) is 0.407. The van der Waals surface area contributed by atoms with E-state index in [2.05, 4.69) is 39.5 Å². The van der Waals surface area contributed by atoms with E-state index in [9.17, 15) is 4.79 Å². The van der Waals surface area contributed by atoms with Gasteiger partial charge < -0.3 is 9.80 Å². The number of benzene rings is 2. The van der Waals surface area contributed by atoms with E-state index in [1.165, 1.54) is 24.8 Å². The Bertz CT molecular complexity index is 1330. The molecule has 0 N–H and O–H groups in total. The molecule has 0 spiro atoms. The molecule has 1 amide bonds. The first-order valence-corrected chi connectivity index (χ1v) is 12.4. The second kappa shape index (κ2) is 8.70. The third-order valence-corrected chi connectivity index (χ3v) is 7.34. The summed E-state index contributed by atoms with van der Waals surface area (Å²) in [7, 11) is 0. The SMILES string of the molecule is Cc1ccc2nc(N3CCN(C(=O)c4ccccc4)CC3)n3c(C4CCCCC4)nnc3c2c1. The van der Waals surface area contributed by atoms with Crippen molar-refractivity contribution in [1.82, 2.24) is 24.5 Å². The Labute approximate surface area is 199 Å². The molecular formula is C27H30N6O. The van der Waals surface area contributed by atoms with Crippen molar-refractivity contribution >= 4 is 28.4 Å². The minimum atomic E-state index is 0.0968. The number of carbonyl (C=O) groups is 1. The molecule has 0 unspecified atom stereocenters. The van der Waals surface area contributed by atoms with Crippen molar-refractivity contribution in [3.63, 3.8) is 0 Å². The summed E-state index contributed by atoms with van der Waals surface area (Å²) in [5.41, 5.74) is 3.78. The van der Waals surface area contributed by atoms with Gasteiger partial charge in [0.1, 0.15) is 5.82 Å². The van der Waals surface area contributed by atoms with E-state index < -0.39 is 0 Å². The molecule has 2 fully saturated rings. The average Bonchev–Trinajstić information content (AvgIpc) is 3.35. The normalized spacial score (nSPS) is 17.6. The van der Waals surface area contributed by atoms with Gasteiger partial charge in [0.15, 0.2) is 5.65 Å². The van der Waals surface area contributed by atoms with Crippen molar-refractivity contribution in [2.24, 2.45) is 0 Å². The van der Waals surface area contributed by atoms with E-state index in [0.29, 0.717) is 19.0 Å². The third-order valence-electron chi connectivity index (χ3n) is 7.34. The number of fused-ring (bicyclic) bond motifs is 3. The van der Waals surface area contributed by atoms with Gasteiger partial charge in [-0.2, -0.15) is 0 Å². The average molecular weight is 455 g/mol. The Morgan fingerprint density at radius 3 is 2.44 bits per heavy atom. The third kappa shape index (κ3) is 3.69. The maximum Gasteiger partial charge on any atom is 0.253 e. The predicted molar refractivity (Wildman–Crippen MR) is 133 cm³/mol. The van der Waals surface area contributed by atoms with Crippen LogP contribution in [-0.2, 0) is 0 Å². The van der Waals surface area contributed by atoms with Crippen molar-refractivity contribution < 1.29 is 4.79 Å². The molecule has 7 heteroatoms. The highest BCUT2D eigenvalue weighted by molar-refractivity contribution is 5.94. The van der Waals surface area contributed by atoms with Gasteiger partial charge in [-0.15, -0.1) is 10.2 Å². The van der Waals surface area contributed by atoms with Crippen LogP contribution in [0.3, 0.4) is 0 Å². The summed E-state index contributed by atoms with van der Waals surface area (Å²) in [5.74, 6) is 2.47. The van der Waals surface area contributed by atoms with Crippen molar-refractivity contribution in [2.75, 3.05) is 31.1 Å². The van der Waals surface area contributed by atoms with Gasteiger partial charge in [-0.25, -0.2) is 9.38 Å². The standard InChI is InChI=1S/C27H30N6O/c1-19-12-13-23-22(18-19)25-30-29-24(20-8-4-2-5-9-20)33(25)27(28-23)32-16-14-31(15-17-32)26(34)21-10-6-3-7-11-21/h3,6-7,10-13,18,20H,2,4-5,8-9,14-17H2,1H3. The Morgan fingerprint density at radius 2 is 1.68 bits per heavy atom. The zero-order chi connectivity index (χ0) is 23.1. The number of rotatable bonds is 3. The van der Waals surface area contributed by atoms with Gasteiger partial charge in [0.25, 0.3) is 5.91 Å². The van der Waals surface area contributed by atoms with Gasteiger partial charge in [0, 0.05) is 43.0 Å². The van der Waals surface area contributed by atoms with E-state index in [0.717, 1.165) is 59.8 Å². The molecule has 1 saturated heterocycles. The van der Waals surface area contributed by atoms with Crippen LogP contribution in [0.1, 0.15) is 59.8 Å². The highest BCUT2D eigenvalue weighted by Crippen LogP contribution is 2.35. The molecule has 4 aromatic rings. The van der Waals surface area contributed by atoms with E-state index in [1.54, 1.807) is 0 Å². The first-order chi connectivity index (χ1) is 16.7. The molecule has 2 aromatic heterocycles. The number of carbonyl (C=O) groups excluding carboxylic acids is 1. The van der Waals surface area contributed by atoms with Crippen molar-refractivity contribution in [2.45, 2.75) is 44.9 Å². The summed E-state index contributed by atoms with van der Waals surface area (Å²) >= 11 is 0. The van der Waals surface area contributed by atoms with Crippen LogP contribution in [0.25, 0.3) is 16.6 Å². The van der Waals surface area contributed by atoms with Crippen LogP contribution in [0.15, 0.2) is 48.5 Å². The highest BCUT2D eigenvalue weighted by Gasteiger charge is 2.28. The first kappa shape index (κ1) is 21.1. The zero-order valence-electron chi connectivity index (χ0n) is 19.7. The van der Waals surface area contributed by atoms with Gasteiger partial charge in [-0.05, 0) is 44.0 Å². The first-order valence-electron chi connectivity index (χ1n) is 12.4. The quantitative estimate of drug-likeness (QED) is 0.453. The molecular weight excluding hydrogens is 424 g/mol. The molecule has 1 aliphatic carbocycles.